The van der Waals surface area contributed by atoms with Crippen molar-refractivity contribution in [1.82, 2.24) is 0 Å². The van der Waals surface area contributed by atoms with Crippen LogP contribution in [0.5, 0.6) is 0 Å². The third kappa shape index (κ3) is 19.2. The number of unbranched alkanes of at least 4 members (excludes halogenated alkanes) is 17. The summed E-state index contributed by atoms with van der Waals surface area (Å²) >= 11 is 0. The average molecular weight is 307 g/mol. The minimum absolute atomic E-state index is 0.625. The van der Waals surface area contributed by atoms with Crippen molar-refractivity contribution in [1.29, 1.82) is 5.26 Å². The van der Waals surface area contributed by atoms with E-state index in [-0.39, 0.29) is 0 Å². The SMILES string of the molecule is N#CCCCCCCCCCCCCCCCCCC[C]=O. The van der Waals surface area contributed by atoms with E-state index in [0.717, 1.165) is 19.3 Å². The van der Waals surface area contributed by atoms with E-state index in [4.69, 9.17) is 5.26 Å². The molecule has 0 aliphatic heterocycles. The van der Waals surface area contributed by atoms with Gasteiger partial charge >= 0.3 is 0 Å². The van der Waals surface area contributed by atoms with Crippen molar-refractivity contribution in [3.8, 4) is 6.07 Å². The van der Waals surface area contributed by atoms with Crippen LogP contribution in [0, 0.1) is 11.3 Å². The van der Waals surface area contributed by atoms with E-state index in [0.29, 0.717) is 6.42 Å². The maximum absolute atomic E-state index is 10.0. The van der Waals surface area contributed by atoms with Crippen molar-refractivity contribution in [3.63, 3.8) is 0 Å². The van der Waals surface area contributed by atoms with Gasteiger partial charge in [0.1, 0.15) is 0 Å². The van der Waals surface area contributed by atoms with Gasteiger partial charge in [0.15, 0.2) is 6.29 Å². The second kappa shape index (κ2) is 20.2. The Balaban J connectivity index is 2.94. The summed E-state index contributed by atoms with van der Waals surface area (Å²) in [6.45, 7) is 0. The van der Waals surface area contributed by atoms with Gasteiger partial charge in [-0.2, -0.15) is 5.26 Å². The Morgan fingerprint density at radius 2 is 0.727 bits per heavy atom. The highest BCUT2D eigenvalue weighted by molar-refractivity contribution is 5.50. The summed E-state index contributed by atoms with van der Waals surface area (Å²) in [7, 11) is 0. The first-order valence-corrected chi connectivity index (χ1v) is 9.63. The molecule has 0 aromatic heterocycles. The Bertz CT molecular complexity index is 257. The van der Waals surface area contributed by atoms with E-state index in [1.54, 1.807) is 0 Å². The largest absolute Gasteiger partial charge is 0.291 e. The number of nitriles is 1. The normalized spacial score (nSPS) is 10.5. The van der Waals surface area contributed by atoms with E-state index >= 15 is 0 Å². The van der Waals surface area contributed by atoms with Gasteiger partial charge in [-0.05, 0) is 12.8 Å². The van der Waals surface area contributed by atoms with Crippen LogP contribution in [-0.2, 0) is 4.79 Å². The van der Waals surface area contributed by atoms with Gasteiger partial charge in [0.05, 0.1) is 6.07 Å². The highest BCUT2D eigenvalue weighted by Gasteiger charge is 1.95. The Hall–Kier alpha value is -0.840. The quantitative estimate of drug-likeness (QED) is 0.266. The smallest absolute Gasteiger partial charge is 0.198 e. The lowest BCUT2D eigenvalue weighted by Gasteiger charge is -2.03. The van der Waals surface area contributed by atoms with Gasteiger partial charge < -0.3 is 0 Å². The molecule has 0 amide bonds. The summed E-state index contributed by atoms with van der Waals surface area (Å²) in [6, 6.07) is 2.21. The van der Waals surface area contributed by atoms with Crippen LogP contribution in [0.2, 0.25) is 0 Å². The average Bonchev–Trinajstić information content (AvgIpc) is 2.54. The fraction of sp³-hybridized carbons (Fsp3) is 0.900. The minimum Gasteiger partial charge on any atom is -0.291 e. The summed E-state index contributed by atoms with van der Waals surface area (Å²) in [4.78, 5) is 10.0. The first-order chi connectivity index (χ1) is 10.9. The molecule has 127 valence electrons. The van der Waals surface area contributed by atoms with Gasteiger partial charge in [0, 0.05) is 12.8 Å². The van der Waals surface area contributed by atoms with Crippen LogP contribution in [-0.4, -0.2) is 6.29 Å². The molecule has 2 heteroatoms. The molecule has 0 N–H and O–H groups in total. The molecule has 0 aromatic rings. The highest BCUT2D eigenvalue weighted by atomic mass is 16.1. The van der Waals surface area contributed by atoms with Crippen LogP contribution < -0.4 is 0 Å². The lowest BCUT2D eigenvalue weighted by atomic mass is 10.0. The second-order valence-corrected chi connectivity index (χ2v) is 6.46. The molecule has 0 aromatic carbocycles. The maximum Gasteiger partial charge on any atom is 0.198 e. The van der Waals surface area contributed by atoms with Crippen LogP contribution in [0.25, 0.3) is 0 Å². The van der Waals surface area contributed by atoms with Gasteiger partial charge in [0.25, 0.3) is 0 Å². The summed E-state index contributed by atoms with van der Waals surface area (Å²) in [5, 5.41) is 8.44. The molecule has 22 heavy (non-hydrogen) atoms. The van der Waals surface area contributed by atoms with E-state index in [9.17, 15) is 4.79 Å². The first-order valence-electron chi connectivity index (χ1n) is 9.63. The lowest BCUT2D eigenvalue weighted by molar-refractivity contribution is 0.525. The standard InChI is InChI=1S/C20H36NO/c21-19-17-15-13-11-9-7-5-3-1-2-4-6-8-10-12-14-16-18-20-22/h1-18H2. The lowest BCUT2D eigenvalue weighted by Crippen LogP contribution is -1.84. The molecule has 0 fully saturated rings. The van der Waals surface area contributed by atoms with Crippen LogP contribution in [0.15, 0.2) is 0 Å². The van der Waals surface area contributed by atoms with E-state index in [2.05, 4.69) is 6.07 Å². The van der Waals surface area contributed by atoms with Gasteiger partial charge in [-0.25, -0.2) is 0 Å². The molecule has 0 bridgehead atoms. The molecule has 0 saturated heterocycles. The fourth-order valence-electron chi connectivity index (χ4n) is 2.88. The zero-order valence-electron chi connectivity index (χ0n) is 14.6. The highest BCUT2D eigenvalue weighted by Crippen LogP contribution is 2.14. The monoisotopic (exact) mass is 306 g/mol. The van der Waals surface area contributed by atoms with Crippen molar-refractivity contribution in [2.24, 2.45) is 0 Å². The third-order valence-electron chi connectivity index (χ3n) is 4.32. The molecular weight excluding hydrogens is 270 g/mol. The van der Waals surface area contributed by atoms with Crippen molar-refractivity contribution in [2.45, 2.75) is 116 Å². The number of hydrogen-bond acceptors (Lipinski definition) is 2. The second-order valence-electron chi connectivity index (χ2n) is 6.46. The fourth-order valence-corrected chi connectivity index (χ4v) is 2.88. The number of rotatable bonds is 18. The van der Waals surface area contributed by atoms with Gasteiger partial charge in [0.2, 0.25) is 0 Å². The van der Waals surface area contributed by atoms with E-state index in [1.165, 1.54) is 89.9 Å². The predicted molar refractivity (Wildman–Crippen MR) is 94.4 cm³/mol. The molecule has 0 rings (SSSR count). The van der Waals surface area contributed by atoms with Crippen LogP contribution >= 0.6 is 0 Å². The summed E-state index contributed by atoms with van der Waals surface area (Å²) in [5.41, 5.74) is 0. The van der Waals surface area contributed by atoms with Crippen LogP contribution in [0.3, 0.4) is 0 Å². The first kappa shape index (κ1) is 21.2. The van der Waals surface area contributed by atoms with Crippen LogP contribution in [0.4, 0.5) is 0 Å². The Labute approximate surface area is 138 Å². The zero-order valence-corrected chi connectivity index (χ0v) is 14.6. The molecule has 0 heterocycles. The van der Waals surface area contributed by atoms with Crippen molar-refractivity contribution in [3.05, 3.63) is 0 Å². The van der Waals surface area contributed by atoms with E-state index < -0.39 is 0 Å². The van der Waals surface area contributed by atoms with Gasteiger partial charge in [-0.3, -0.25) is 4.79 Å². The van der Waals surface area contributed by atoms with Crippen molar-refractivity contribution in [2.75, 3.05) is 0 Å². The molecule has 1 radical (unpaired) electrons. The maximum atomic E-state index is 10.0. The molecule has 0 aliphatic rings. The predicted octanol–water partition coefficient (Wildman–Crippen LogP) is 6.64. The topological polar surface area (TPSA) is 40.9 Å². The van der Waals surface area contributed by atoms with Crippen molar-refractivity contribution >= 4 is 6.29 Å². The van der Waals surface area contributed by atoms with Gasteiger partial charge in [-0.15, -0.1) is 0 Å². The Morgan fingerprint density at radius 3 is 1.00 bits per heavy atom. The van der Waals surface area contributed by atoms with Crippen molar-refractivity contribution < 1.29 is 4.79 Å². The Kier molecular flexibility index (Phi) is 19.4. The number of carbonyl (C=O) groups excluding carboxylic acids is 1. The molecular formula is C20H36NO. The zero-order chi connectivity index (χ0) is 16.1. The Morgan fingerprint density at radius 1 is 0.455 bits per heavy atom. The number of nitrogens with zero attached hydrogens (tertiary/aromatic N) is 1. The molecule has 0 unspecified atom stereocenters. The molecule has 0 aliphatic carbocycles. The summed E-state index contributed by atoms with van der Waals surface area (Å²) in [5.74, 6) is 0. The number of hydrogen-bond donors (Lipinski definition) is 0. The van der Waals surface area contributed by atoms with Crippen LogP contribution in [0.1, 0.15) is 116 Å². The molecule has 0 spiro atoms. The van der Waals surface area contributed by atoms with E-state index in [1.807, 2.05) is 6.29 Å². The molecule has 0 saturated carbocycles. The third-order valence-corrected chi connectivity index (χ3v) is 4.32. The summed E-state index contributed by atoms with van der Waals surface area (Å²) in [6.07, 6.45) is 24.3. The summed E-state index contributed by atoms with van der Waals surface area (Å²) < 4.78 is 0. The molecule has 2 nitrogen and oxygen atoms in total. The van der Waals surface area contributed by atoms with Gasteiger partial charge in [-0.1, -0.05) is 89.9 Å². The molecule has 0 atom stereocenters. The minimum atomic E-state index is 0.625.